The van der Waals surface area contributed by atoms with Gasteiger partial charge in [-0.2, -0.15) is 0 Å². The van der Waals surface area contributed by atoms with Gasteiger partial charge in [-0.05, 0) is 47.7 Å². The highest BCUT2D eigenvalue weighted by Crippen LogP contribution is 2.23. The zero-order valence-electron chi connectivity index (χ0n) is 8.02. The number of nitrogens with one attached hydrogen (secondary N) is 1. The van der Waals surface area contributed by atoms with Crippen LogP contribution in [-0.4, -0.2) is 19.8 Å². The minimum absolute atomic E-state index is 0.707. The molecule has 0 heterocycles. The van der Waals surface area contributed by atoms with Gasteiger partial charge in [0.2, 0.25) is 0 Å². The predicted octanol–water partition coefficient (Wildman–Crippen LogP) is 3.39. The molecule has 4 heteroatoms. The standard InChI is InChI=1S/C10H13ClINO/c1-2-14-6-5-13-10-4-3-8(12)7-9(10)11/h3-4,7,13H,2,5-6H2,1H3. The van der Waals surface area contributed by atoms with Gasteiger partial charge in [0.15, 0.2) is 0 Å². The van der Waals surface area contributed by atoms with Crippen LogP contribution in [0.5, 0.6) is 0 Å². The van der Waals surface area contributed by atoms with Crippen molar-refractivity contribution in [2.45, 2.75) is 6.92 Å². The van der Waals surface area contributed by atoms with Crippen molar-refractivity contribution in [2.75, 3.05) is 25.1 Å². The highest BCUT2D eigenvalue weighted by Gasteiger charge is 1.99. The van der Waals surface area contributed by atoms with Crippen molar-refractivity contribution in [1.82, 2.24) is 0 Å². The monoisotopic (exact) mass is 325 g/mol. The van der Waals surface area contributed by atoms with Crippen LogP contribution in [0.2, 0.25) is 5.02 Å². The molecule has 1 N–H and O–H groups in total. The molecule has 1 aromatic rings. The number of anilines is 1. The van der Waals surface area contributed by atoms with E-state index in [1.165, 1.54) is 0 Å². The molecule has 0 spiro atoms. The van der Waals surface area contributed by atoms with Gasteiger partial charge in [-0.15, -0.1) is 0 Å². The Hall–Kier alpha value is -0.0000000000000000555. The summed E-state index contributed by atoms with van der Waals surface area (Å²) in [7, 11) is 0. The highest BCUT2D eigenvalue weighted by molar-refractivity contribution is 14.1. The van der Waals surface area contributed by atoms with Crippen LogP contribution in [0.25, 0.3) is 0 Å². The quantitative estimate of drug-likeness (QED) is 0.662. The van der Waals surface area contributed by atoms with Crippen LogP contribution in [0.4, 0.5) is 5.69 Å². The van der Waals surface area contributed by atoms with Crippen molar-refractivity contribution in [3.8, 4) is 0 Å². The summed E-state index contributed by atoms with van der Waals surface area (Å²) >= 11 is 8.27. The van der Waals surface area contributed by atoms with E-state index in [1.54, 1.807) is 0 Å². The molecule has 0 aromatic heterocycles. The molecule has 1 aromatic carbocycles. The highest BCUT2D eigenvalue weighted by atomic mass is 127. The topological polar surface area (TPSA) is 21.3 Å². The number of ether oxygens (including phenoxy) is 1. The maximum atomic E-state index is 6.03. The molecule has 0 radical (unpaired) electrons. The Bertz CT molecular complexity index is 293. The van der Waals surface area contributed by atoms with Gasteiger partial charge in [0, 0.05) is 16.7 Å². The van der Waals surface area contributed by atoms with Crippen LogP contribution in [0, 0.1) is 3.57 Å². The van der Waals surface area contributed by atoms with E-state index in [0.29, 0.717) is 6.61 Å². The van der Waals surface area contributed by atoms with Gasteiger partial charge in [-0.1, -0.05) is 11.6 Å². The molecule has 0 atom stereocenters. The maximum absolute atomic E-state index is 6.03. The Balaban J connectivity index is 2.42. The molecule has 0 aliphatic rings. The summed E-state index contributed by atoms with van der Waals surface area (Å²) in [6.45, 7) is 4.23. The van der Waals surface area contributed by atoms with Crippen LogP contribution in [0.15, 0.2) is 18.2 Å². The largest absolute Gasteiger partial charge is 0.382 e. The van der Waals surface area contributed by atoms with Crippen molar-refractivity contribution in [1.29, 1.82) is 0 Å². The van der Waals surface area contributed by atoms with Crippen LogP contribution >= 0.6 is 34.2 Å². The van der Waals surface area contributed by atoms with E-state index in [0.717, 1.165) is 27.4 Å². The molecule has 0 aliphatic carbocycles. The van der Waals surface area contributed by atoms with E-state index >= 15 is 0 Å². The Kier molecular flexibility index (Phi) is 5.59. The molecule has 0 amide bonds. The van der Waals surface area contributed by atoms with Crippen LogP contribution < -0.4 is 5.32 Å². The van der Waals surface area contributed by atoms with E-state index in [1.807, 2.05) is 25.1 Å². The smallest absolute Gasteiger partial charge is 0.0648 e. The summed E-state index contributed by atoms with van der Waals surface area (Å²) in [4.78, 5) is 0. The summed E-state index contributed by atoms with van der Waals surface area (Å²) < 4.78 is 6.35. The minimum Gasteiger partial charge on any atom is -0.382 e. The third kappa shape index (κ3) is 4.02. The van der Waals surface area contributed by atoms with E-state index in [9.17, 15) is 0 Å². The third-order valence-corrected chi connectivity index (χ3v) is 2.68. The molecule has 0 saturated heterocycles. The number of hydrogen-bond acceptors (Lipinski definition) is 2. The first kappa shape index (κ1) is 12.1. The summed E-state index contributed by atoms with van der Waals surface area (Å²) in [5.74, 6) is 0. The summed E-state index contributed by atoms with van der Waals surface area (Å²) in [6, 6.07) is 5.94. The van der Waals surface area contributed by atoms with Gasteiger partial charge in [0.1, 0.15) is 0 Å². The van der Waals surface area contributed by atoms with Gasteiger partial charge >= 0.3 is 0 Å². The number of hydrogen-bond donors (Lipinski definition) is 1. The van der Waals surface area contributed by atoms with E-state index in [2.05, 4.69) is 27.9 Å². The van der Waals surface area contributed by atoms with Gasteiger partial charge in [-0.3, -0.25) is 0 Å². The lowest BCUT2D eigenvalue weighted by Crippen LogP contribution is -2.09. The van der Waals surface area contributed by atoms with Crippen LogP contribution in [0.3, 0.4) is 0 Å². The Morgan fingerprint density at radius 2 is 2.29 bits per heavy atom. The average molecular weight is 326 g/mol. The fourth-order valence-corrected chi connectivity index (χ4v) is 1.96. The lowest BCUT2D eigenvalue weighted by molar-refractivity contribution is 0.158. The molecule has 0 fully saturated rings. The van der Waals surface area contributed by atoms with Crippen molar-refractivity contribution in [2.24, 2.45) is 0 Å². The molecule has 2 nitrogen and oxygen atoms in total. The second-order valence-electron chi connectivity index (χ2n) is 2.75. The van der Waals surface area contributed by atoms with Gasteiger partial charge < -0.3 is 10.1 Å². The second kappa shape index (κ2) is 6.48. The molecule has 0 unspecified atom stereocenters. The zero-order valence-corrected chi connectivity index (χ0v) is 10.9. The lowest BCUT2D eigenvalue weighted by atomic mass is 10.3. The first-order valence-electron chi connectivity index (χ1n) is 4.50. The second-order valence-corrected chi connectivity index (χ2v) is 4.40. The summed E-state index contributed by atoms with van der Waals surface area (Å²) in [5.41, 5.74) is 0.965. The van der Waals surface area contributed by atoms with Crippen LogP contribution in [0.1, 0.15) is 6.92 Å². The molecule has 0 aliphatic heterocycles. The fourth-order valence-electron chi connectivity index (χ4n) is 1.04. The van der Waals surface area contributed by atoms with Gasteiger partial charge in [0.05, 0.1) is 17.3 Å². The third-order valence-electron chi connectivity index (χ3n) is 1.70. The van der Waals surface area contributed by atoms with Gasteiger partial charge in [0.25, 0.3) is 0 Å². The minimum atomic E-state index is 0.707. The molecular weight excluding hydrogens is 312 g/mol. The Morgan fingerprint density at radius 1 is 1.50 bits per heavy atom. The average Bonchev–Trinajstić information content (AvgIpc) is 2.15. The maximum Gasteiger partial charge on any atom is 0.0648 e. The number of halogens is 2. The Labute approximate surface area is 103 Å². The van der Waals surface area contributed by atoms with E-state index in [4.69, 9.17) is 16.3 Å². The molecule has 0 saturated carbocycles. The number of rotatable bonds is 5. The van der Waals surface area contributed by atoms with E-state index in [-0.39, 0.29) is 0 Å². The van der Waals surface area contributed by atoms with Gasteiger partial charge in [-0.25, -0.2) is 0 Å². The van der Waals surface area contributed by atoms with Crippen molar-refractivity contribution in [3.63, 3.8) is 0 Å². The molecular formula is C10H13ClINO. The zero-order chi connectivity index (χ0) is 10.4. The number of benzene rings is 1. The predicted molar refractivity (Wildman–Crippen MR) is 69.2 cm³/mol. The normalized spacial score (nSPS) is 10.2. The SMILES string of the molecule is CCOCCNc1ccc(I)cc1Cl. The lowest BCUT2D eigenvalue weighted by Gasteiger charge is -2.08. The molecule has 0 bridgehead atoms. The first-order chi connectivity index (χ1) is 6.74. The summed E-state index contributed by atoms with van der Waals surface area (Å²) in [5, 5.41) is 3.97. The molecule has 14 heavy (non-hydrogen) atoms. The molecule has 1 rings (SSSR count). The van der Waals surface area contributed by atoms with E-state index < -0.39 is 0 Å². The fraction of sp³-hybridized carbons (Fsp3) is 0.400. The molecule has 78 valence electrons. The first-order valence-corrected chi connectivity index (χ1v) is 5.96. The van der Waals surface area contributed by atoms with Crippen molar-refractivity contribution in [3.05, 3.63) is 26.8 Å². The summed E-state index contributed by atoms with van der Waals surface area (Å²) in [6.07, 6.45) is 0. The Morgan fingerprint density at radius 3 is 2.93 bits per heavy atom. The van der Waals surface area contributed by atoms with Crippen molar-refractivity contribution < 1.29 is 4.74 Å². The van der Waals surface area contributed by atoms with Crippen LogP contribution in [-0.2, 0) is 4.74 Å². The van der Waals surface area contributed by atoms with Crippen molar-refractivity contribution >= 4 is 39.9 Å².